The Kier molecular flexibility index (Phi) is 4.77. The van der Waals surface area contributed by atoms with Crippen LogP contribution in [-0.2, 0) is 4.79 Å². The van der Waals surface area contributed by atoms with Gasteiger partial charge in [0.2, 0.25) is 5.91 Å². The quantitative estimate of drug-likeness (QED) is 0.820. The highest BCUT2D eigenvalue weighted by atomic mass is 35.5. The molecule has 1 saturated heterocycles. The molecule has 1 fully saturated rings. The third-order valence-corrected chi connectivity index (χ3v) is 4.68. The monoisotopic (exact) mass is 360 g/mol. The number of hydrogen-bond acceptors (Lipinski definition) is 2. The van der Waals surface area contributed by atoms with E-state index in [1.807, 2.05) is 38.1 Å². The van der Waals surface area contributed by atoms with Crippen molar-refractivity contribution < 1.29 is 14.0 Å². The number of nitrogens with zero attached hydrogens (tertiary/aromatic N) is 2. The van der Waals surface area contributed by atoms with Gasteiger partial charge in [0.15, 0.2) is 0 Å². The topological polar surface area (TPSA) is 40.6 Å². The molecule has 2 aromatic rings. The summed E-state index contributed by atoms with van der Waals surface area (Å²) in [6.45, 7) is 4.04. The maximum Gasteiger partial charge on any atom is 0.259 e. The van der Waals surface area contributed by atoms with Crippen LogP contribution in [0.3, 0.4) is 0 Å². The Hall–Kier alpha value is -2.40. The van der Waals surface area contributed by atoms with E-state index in [0.717, 1.165) is 11.3 Å². The molecule has 0 bridgehead atoms. The van der Waals surface area contributed by atoms with Gasteiger partial charge >= 0.3 is 0 Å². The fourth-order valence-corrected chi connectivity index (χ4v) is 3.19. The summed E-state index contributed by atoms with van der Waals surface area (Å²) >= 11 is 5.98. The summed E-state index contributed by atoms with van der Waals surface area (Å²) in [5.74, 6) is -1.45. The Morgan fingerprint density at radius 3 is 2.52 bits per heavy atom. The zero-order valence-corrected chi connectivity index (χ0v) is 14.8. The van der Waals surface area contributed by atoms with Crippen LogP contribution in [0.15, 0.2) is 42.5 Å². The highest BCUT2D eigenvalue weighted by molar-refractivity contribution is 6.33. The zero-order chi connectivity index (χ0) is 18.1. The molecule has 1 aliphatic rings. The van der Waals surface area contributed by atoms with E-state index in [1.165, 1.54) is 23.1 Å². The molecule has 0 aliphatic carbocycles. The lowest BCUT2D eigenvalue weighted by atomic mass is 10.1. The van der Waals surface area contributed by atoms with Gasteiger partial charge in [0.1, 0.15) is 12.4 Å². The molecule has 1 heterocycles. The van der Waals surface area contributed by atoms with Crippen LogP contribution in [0.2, 0.25) is 5.02 Å². The molecular formula is C19H18ClFN2O2. The summed E-state index contributed by atoms with van der Waals surface area (Å²) in [7, 11) is 0. The normalized spacial score (nSPS) is 17.8. The Morgan fingerprint density at radius 1 is 1.20 bits per heavy atom. The van der Waals surface area contributed by atoms with Crippen molar-refractivity contribution in [2.45, 2.75) is 19.9 Å². The van der Waals surface area contributed by atoms with Crippen LogP contribution in [0.5, 0.6) is 0 Å². The van der Waals surface area contributed by atoms with Gasteiger partial charge < -0.3 is 9.80 Å². The Bertz CT molecular complexity index is 802. The van der Waals surface area contributed by atoms with E-state index in [1.54, 1.807) is 4.90 Å². The highest BCUT2D eigenvalue weighted by Crippen LogP contribution is 2.25. The number of benzene rings is 2. The van der Waals surface area contributed by atoms with Gasteiger partial charge in [-0.25, -0.2) is 4.39 Å². The molecule has 2 aromatic carbocycles. The van der Waals surface area contributed by atoms with Gasteiger partial charge in [0, 0.05) is 18.3 Å². The number of anilines is 1. The number of hydrogen-bond donors (Lipinski definition) is 0. The molecular weight excluding hydrogens is 343 g/mol. The van der Waals surface area contributed by atoms with Crippen LogP contribution in [0.25, 0.3) is 0 Å². The van der Waals surface area contributed by atoms with Gasteiger partial charge in [-0.3, -0.25) is 9.59 Å². The van der Waals surface area contributed by atoms with Crippen LogP contribution in [0.4, 0.5) is 10.1 Å². The minimum atomic E-state index is -0.682. The molecule has 1 aliphatic heterocycles. The molecule has 0 spiro atoms. The molecule has 0 unspecified atom stereocenters. The number of piperazine rings is 1. The standard InChI is InChI=1S/C19H18ClFN2O2/c1-12-6-8-14(9-7-12)23-10-13(2)22(11-17(23)24)19(25)18-15(20)4-3-5-16(18)21/h3-9,13H,10-11H2,1-2H3/t13-/m0/s1. The number of aryl methyl sites for hydroxylation is 1. The summed E-state index contributed by atoms with van der Waals surface area (Å²) in [6, 6.07) is 11.5. The Morgan fingerprint density at radius 2 is 1.88 bits per heavy atom. The lowest BCUT2D eigenvalue weighted by molar-refractivity contribution is -0.121. The number of carbonyl (C=O) groups is 2. The van der Waals surface area contributed by atoms with Crippen molar-refractivity contribution >= 4 is 29.1 Å². The van der Waals surface area contributed by atoms with E-state index in [0.29, 0.717) is 6.54 Å². The van der Waals surface area contributed by atoms with Gasteiger partial charge in [-0.1, -0.05) is 35.4 Å². The maximum atomic E-state index is 14.0. The third-order valence-electron chi connectivity index (χ3n) is 4.37. The average Bonchev–Trinajstić information content (AvgIpc) is 2.57. The van der Waals surface area contributed by atoms with E-state index in [9.17, 15) is 14.0 Å². The van der Waals surface area contributed by atoms with Crippen molar-refractivity contribution in [2.75, 3.05) is 18.0 Å². The van der Waals surface area contributed by atoms with Crippen molar-refractivity contribution in [3.8, 4) is 0 Å². The van der Waals surface area contributed by atoms with Gasteiger partial charge in [-0.05, 0) is 38.1 Å². The summed E-state index contributed by atoms with van der Waals surface area (Å²) in [5, 5.41) is 0.0469. The van der Waals surface area contributed by atoms with Crippen LogP contribution in [0.1, 0.15) is 22.8 Å². The van der Waals surface area contributed by atoms with Gasteiger partial charge in [-0.2, -0.15) is 0 Å². The first kappa shape index (κ1) is 17.4. The molecule has 6 heteroatoms. The Balaban J connectivity index is 1.84. The molecule has 0 radical (unpaired) electrons. The lowest BCUT2D eigenvalue weighted by Gasteiger charge is -2.39. The largest absolute Gasteiger partial charge is 0.325 e. The summed E-state index contributed by atoms with van der Waals surface area (Å²) < 4.78 is 14.0. The van der Waals surface area contributed by atoms with Gasteiger partial charge in [0.05, 0.1) is 10.6 Å². The first-order chi connectivity index (χ1) is 11.9. The average molecular weight is 361 g/mol. The SMILES string of the molecule is Cc1ccc(N2C[C@H](C)N(C(=O)c3c(F)cccc3Cl)CC2=O)cc1. The molecule has 3 rings (SSSR count). The molecule has 0 saturated carbocycles. The minimum absolute atomic E-state index is 0.0469. The van der Waals surface area contributed by atoms with Crippen LogP contribution in [-0.4, -0.2) is 35.8 Å². The van der Waals surface area contributed by atoms with Crippen molar-refractivity contribution in [2.24, 2.45) is 0 Å². The fourth-order valence-electron chi connectivity index (χ4n) is 2.94. The summed E-state index contributed by atoms with van der Waals surface area (Å²) in [4.78, 5) is 28.3. The first-order valence-electron chi connectivity index (χ1n) is 8.00. The first-order valence-corrected chi connectivity index (χ1v) is 8.38. The molecule has 4 nitrogen and oxygen atoms in total. The smallest absolute Gasteiger partial charge is 0.259 e. The molecule has 2 amide bonds. The Labute approximate surface area is 150 Å². The number of amides is 2. The third kappa shape index (κ3) is 3.37. The fraction of sp³-hybridized carbons (Fsp3) is 0.263. The van der Waals surface area contributed by atoms with E-state index in [4.69, 9.17) is 11.6 Å². The molecule has 1 atom stereocenters. The maximum absolute atomic E-state index is 14.0. The van der Waals surface area contributed by atoms with Crippen LogP contribution in [0, 0.1) is 12.7 Å². The summed E-state index contributed by atoms with van der Waals surface area (Å²) in [6.07, 6.45) is 0. The second kappa shape index (κ2) is 6.84. The van der Waals surface area contributed by atoms with Crippen molar-refractivity contribution in [3.63, 3.8) is 0 Å². The molecule has 0 N–H and O–H groups in total. The van der Waals surface area contributed by atoms with Gasteiger partial charge in [0.25, 0.3) is 5.91 Å². The van der Waals surface area contributed by atoms with E-state index < -0.39 is 11.7 Å². The van der Waals surface area contributed by atoms with Crippen LogP contribution < -0.4 is 4.90 Å². The van der Waals surface area contributed by atoms with E-state index in [-0.39, 0.29) is 29.1 Å². The van der Waals surface area contributed by atoms with E-state index in [2.05, 4.69) is 0 Å². The zero-order valence-electron chi connectivity index (χ0n) is 14.0. The van der Waals surface area contributed by atoms with Gasteiger partial charge in [-0.15, -0.1) is 0 Å². The highest BCUT2D eigenvalue weighted by Gasteiger charge is 2.35. The van der Waals surface area contributed by atoms with E-state index >= 15 is 0 Å². The minimum Gasteiger partial charge on any atom is -0.325 e. The predicted octanol–water partition coefficient (Wildman–Crippen LogP) is 3.67. The summed E-state index contributed by atoms with van der Waals surface area (Å²) in [5.41, 5.74) is 1.71. The second-order valence-corrected chi connectivity index (χ2v) is 6.63. The second-order valence-electron chi connectivity index (χ2n) is 6.22. The van der Waals surface area contributed by atoms with Crippen molar-refractivity contribution in [1.29, 1.82) is 0 Å². The van der Waals surface area contributed by atoms with Crippen LogP contribution >= 0.6 is 11.6 Å². The molecule has 25 heavy (non-hydrogen) atoms. The number of rotatable bonds is 2. The number of halogens is 2. The van der Waals surface area contributed by atoms with Crippen molar-refractivity contribution in [1.82, 2.24) is 4.90 Å². The lowest BCUT2D eigenvalue weighted by Crippen LogP contribution is -2.57. The number of carbonyl (C=O) groups excluding carboxylic acids is 2. The molecule has 130 valence electrons. The predicted molar refractivity (Wildman–Crippen MR) is 95.4 cm³/mol. The molecule has 0 aromatic heterocycles. The van der Waals surface area contributed by atoms with Crippen molar-refractivity contribution in [3.05, 3.63) is 64.4 Å².